The van der Waals surface area contributed by atoms with E-state index in [1.807, 2.05) is 6.07 Å². The first-order chi connectivity index (χ1) is 10.7. The maximum Gasteiger partial charge on any atom is 0.191 e. The lowest BCUT2D eigenvalue weighted by atomic mass is 10.1. The van der Waals surface area contributed by atoms with E-state index in [0.717, 1.165) is 17.6 Å². The van der Waals surface area contributed by atoms with Crippen LogP contribution in [0.4, 0.5) is 4.39 Å². The molecule has 0 bridgehead atoms. The number of hydrogen-bond acceptors (Lipinski definition) is 2. The van der Waals surface area contributed by atoms with Gasteiger partial charge in [0.1, 0.15) is 5.82 Å². The van der Waals surface area contributed by atoms with Gasteiger partial charge < -0.3 is 15.5 Å². The number of hydrogen-bond donors (Lipinski definition) is 2. The van der Waals surface area contributed by atoms with Crippen LogP contribution in [0.1, 0.15) is 24.8 Å². The molecular weight excluding hydrogens is 474 g/mol. The zero-order valence-electron chi connectivity index (χ0n) is 13.4. The smallest absolute Gasteiger partial charge is 0.191 e. The fourth-order valence-electron chi connectivity index (χ4n) is 2.58. The summed E-state index contributed by atoms with van der Waals surface area (Å²) in [5.41, 5.74) is 0.627. The van der Waals surface area contributed by atoms with Gasteiger partial charge in [-0.25, -0.2) is 4.39 Å². The van der Waals surface area contributed by atoms with Crippen molar-refractivity contribution in [3.05, 3.63) is 34.1 Å². The molecule has 1 heterocycles. The van der Waals surface area contributed by atoms with Crippen LogP contribution in [-0.4, -0.2) is 44.1 Å². The van der Waals surface area contributed by atoms with Crippen LogP contribution in [0.25, 0.3) is 0 Å². The van der Waals surface area contributed by atoms with Crippen molar-refractivity contribution < 1.29 is 4.39 Å². The van der Waals surface area contributed by atoms with Crippen LogP contribution in [0.2, 0.25) is 0 Å². The average molecular weight is 499 g/mol. The summed E-state index contributed by atoms with van der Waals surface area (Å²) in [6, 6.07) is 5.09. The SMILES string of the molecule is CN=C(NCCN1CCCCC1)NCc1ccc(Br)cc1F.I. The van der Waals surface area contributed by atoms with Gasteiger partial charge in [-0.3, -0.25) is 4.99 Å². The van der Waals surface area contributed by atoms with Crippen molar-refractivity contribution >= 4 is 45.9 Å². The monoisotopic (exact) mass is 498 g/mol. The Kier molecular flexibility index (Phi) is 10.0. The van der Waals surface area contributed by atoms with E-state index in [4.69, 9.17) is 0 Å². The molecule has 130 valence electrons. The van der Waals surface area contributed by atoms with Gasteiger partial charge in [0, 0.05) is 36.7 Å². The molecule has 1 fully saturated rings. The van der Waals surface area contributed by atoms with Crippen molar-refractivity contribution in [1.29, 1.82) is 0 Å². The number of likely N-dealkylation sites (tertiary alicyclic amines) is 1. The van der Waals surface area contributed by atoms with Crippen molar-refractivity contribution in [3.63, 3.8) is 0 Å². The van der Waals surface area contributed by atoms with Crippen LogP contribution in [-0.2, 0) is 6.54 Å². The summed E-state index contributed by atoms with van der Waals surface area (Å²) in [7, 11) is 1.73. The third-order valence-corrected chi connectivity index (χ3v) is 4.35. The van der Waals surface area contributed by atoms with Gasteiger partial charge in [-0.1, -0.05) is 28.4 Å². The molecule has 0 atom stereocenters. The number of nitrogens with one attached hydrogen (secondary N) is 2. The fraction of sp³-hybridized carbons (Fsp3) is 0.562. The Morgan fingerprint density at radius 3 is 2.65 bits per heavy atom. The Morgan fingerprint density at radius 2 is 2.00 bits per heavy atom. The first-order valence-electron chi connectivity index (χ1n) is 7.80. The molecule has 0 radical (unpaired) electrons. The van der Waals surface area contributed by atoms with Crippen molar-refractivity contribution in [1.82, 2.24) is 15.5 Å². The molecule has 0 saturated carbocycles. The van der Waals surface area contributed by atoms with E-state index >= 15 is 0 Å². The highest BCUT2D eigenvalue weighted by Gasteiger charge is 2.09. The molecule has 0 aliphatic carbocycles. The lowest BCUT2D eigenvalue weighted by molar-refractivity contribution is 0.232. The second-order valence-electron chi connectivity index (χ2n) is 5.49. The molecule has 1 saturated heterocycles. The Labute approximate surface area is 163 Å². The minimum atomic E-state index is -0.217. The molecule has 1 aliphatic rings. The average Bonchev–Trinajstić information content (AvgIpc) is 2.53. The minimum Gasteiger partial charge on any atom is -0.355 e. The van der Waals surface area contributed by atoms with E-state index in [2.05, 4.69) is 36.5 Å². The van der Waals surface area contributed by atoms with Crippen LogP contribution >= 0.6 is 39.9 Å². The fourth-order valence-corrected chi connectivity index (χ4v) is 2.91. The first-order valence-corrected chi connectivity index (χ1v) is 8.59. The van der Waals surface area contributed by atoms with Gasteiger partial charge in [0.2, 0.25) is 0 Å². The molecule has 7 heteroatoms. The maximum absolute atomic E-state index is 13.8. The number of aliphatic imine (C=N–C) groups is 1. The highest BCUT2D eigenvalue weighted by atomic mass is 127. The second-order valence-corrected chi connectivity index (χ2v) is 6.41. The lowest BCUT2D eigenvalue weighted by Gasteiger charge is -2.26. The summed E-state index contributed by atoms with van der Waals surface area (Å²) in [5.74, 6) is 0.491. The van der Waals surface area contributed by atoms with Gasteiger partial charge in [-0.05, 0) is 38.1 Å². The van der Waals surface area contributed by atoms with Crippen LogP contribution in [0, 0.1) is 5.82 Å². The molecule has 23 heavy (non-hydrogen) atoms. The quantitative estimate of drug-likeness (QED) is 0.371. The third-order valence-electron chi connectivity index (χ3n) is 3.85. The molecule has 0 unspecified atom stereocenters. The van der Waals surface area contributed by atoms with Gasteiger partial charge in [0.15, 0.2) is 5.96 Å². The summed E-state index contributed by atoms with van der Waals surface area (Å²) < 4.78 is 14.5. The molecular formula is C16H25BrFIN4. The van der Waals surface area contributed by atoms with E-state index in [9.17, 15) is 4.39 Å². The van der Waals surface area contributed by atoms with Gasteiger partial charge in [0.25, 0.3) is 0 Å². The molecule has 1 aliphatic heterocycles. The normalized spacial score (nSPS) is 15.9. The van der Waals surface area contributed by atoms with Crippen LogP contribution in [0.3, 0.4) is 0 Å². The van der Waals surface area contributed by atoms with E-state index in [1.165, 1.54) is 38.4 Å². The van der Waals surface area contributed by atoms with Crippen LogP contribution in [0.15, 0.2) is 27.7 Å². The zero-order valence-corrected chi connectivity index (χ0v) is 17.4. The molecule has 1 aromatic rings. The molecule has 0 amide bonds. The van der Waals surface area contributed by atoms with Gasteiger partial charge in [-0.15, -0.1) is 24.0 Å². The van der Waals surface area contributed by atoms with Crippen LogP contribution in [0.5, 0.6) is 0 Å². The first kappa shape index (κ1) is 20.6. The predicted octanol–water partition coefficient (Wildman–Crippen LogP) is 3.36. The maximum atomic E-state index is 13.8. The summed E-state index contributed by atoms with van der Waals surface area (Å²) in [6.07, 6.45) is 3.96. The molecule has 4 nitrogen and oxygen atoms in total. The summed E-state index contributed by atoms with van der Waals surface area (Å²) in [4.78, 5) is 6.65. The Bertz CT molecular complexity index is 507. The third kappa shape index (κ3) is 7.34. The predicted molar refractivity (Wildman–Crippen MR) is 108 cm³/mol. The number of piperidine rings is 1. The van der Waals surface area contributed by atoms with Gasteiger partial charge >= 0.3 is 0 Å². The molecule has 0 aromatic heterocycles. The van der Waals surface area contributed by atoms with Crippen molar-refractivity contribution in [2.75, 3.05) is 33.2 Å². The largest absolute Gasteiger partial charge is 0.355 e. The number of benzene rings is 1. The van der Waals surface area contributed by atoms with Gasteiger partial charge in [-0.2, -0.15) is 0 Å². The second kappa shape index (κ2) is 11.2. The lowest BCUT2D eigenvalue weighted by Crippen LogP contribution is -2.42. The van der Waals surface area contributed by atoms with Crippen molar-refractivity contribution in [3.8, 4) is 0 Å². The van der Waals surface area contributed by atoms with Gasteiger partial charge in [0.05, 0.1) is 0 Å². The van der Waals surface area contributed by atoms with E-state index in [-0.39, 0.29) is 29.8 Å². The number of halogens is 3. The van der Waals surface area contributed by atoms with E-state index < -0.39 is 0 Å². The molecule has 0 spiro atoms. The van der Waals surface area contributed by atoms with Crippen molar-refractivity contribution in [2.45, 2.75) is 25.8 Å². The molecule has 2 rings (SSSR count). The number of guanidine groups is 1. The Hall–Kier alpha value is -0.410. The molecule has 1 aromatic carbocycles. The Morgan fingerprint density at radius 1 is 1.26 bits per heavy atom. The number of nitrogens with zero attached hydrogens (tertiary/aromatic N) is 2. The standard InChI is InChI=1S/C16H24BrFN4.HI/c1-19-16(20-7-10-22-8-3-2-4-9-22)21-12-13-5-6-14(17)11-15(13)18;/h5-6,11H,2-4,7-10,12H2,1H3,(H2,19,20,21);1H. The highest BCUT2D eigenvalue weighted by Crippen LogP contribution is 2.14. The van der Waals surface area contributed by atoms with Crippen molar-refractivity contribution in [2.24, 2.45) is 4.99 Å². The number of rotatable bonds is 5. The Balaban J connectivity index is 0.00000264. The van der Waals surface area contributed by atoms with E-state index in [0.29, 0.717) is 18.1 Å². The topological polar surface area (TPSA) is 39.7 Å². The summed E-state index contributed by atoms with van der Waals surface area (Å²) in [6.45, 7) is 4.67. The summed E-state index contributed by atoms with van der Waals surface area (Å²) in [5, 5.41) is 6.43. The zero-order chi connectivity index (χ0) is 15.8. The van der Waals surface area contributed by atoms with E-state index in [1.54, 1.807) is 13.1 Å². The molecule has 2 N–H and O–H groups in total. The van der Waals surface area contributed by atoms with Crippen LogP contribution < -0.4 is 10.6 Å². The minimum absolute atomic E-state index is 0. The highest BCUT2D eigenvalue weighted by molar-refractivity contribution is 14.0. The summed E-state index contributed by atoms with van der Waals surface area (Å²) >= 11 is 3.26.